The van der Waals surface area contributed by atoms with E-state index in [4.69, 9.17) is 11.6 Å². The van der Waals surface area contributed by atoms with Crippen molar-refractivity contribution in [3.8, 4) is 0 Å². The average Bonchev–Trinajstić information content (AvgIpc) is 2.73. The van der Waals surface area contributed by atoms with Gasteiger partial charge in [0.1, 0.15) is 5.15 Å². The zero-order valence-electron chi connectivity index (χ0n) is 13.6. The molecule has 7 nitrogen and oxygen atoms in total. The molecule has 130 valence electrons. The molecule has 2 rings (SSSR count). The molecule has 0 aliphatic carbocycles. The second kappa shape index (κ2) is 7.23. The van der Waals surface area contributed by atoms with Crippen LogP contribution in [0.2, 0.25) is 5.15 Å². The fourth-order valence-electron chi connectivity index (χ4n) is 2.20. The van der Waals surface area contributed by atoms with Gasteiger partial charge in [0.2, 0.25) is 10.0 Å². The average molecular weight is 371 g/mol. The lowest BCUT2D eigenvalue weighted by Gasteiger charge is -2.09. The zero-order valence-corrected chi connectivity index (χ0v) is 15.2. The highest BCUT2D eigenvalue weighted by molar-refractivity contribution is 7.92. The standard InChI is InChI=1S/C15H19ClN4O3S/c1-4-9-24(22,23)19-12-7-5-11(6-8-12)17-15(21)13-10(2)18-20(3)14(13)16/h5-8,19H,4,9H2,1-3H3,(H,17,21). The number of hydrogen-bond acceptors (Lipinski definition) is 4. The van der Waals surface area contributed by atoms with Crippen LogP contribution >= 0.6 is 11.6 Å². The Morgan fingerprint density at radius 1 is 1.25 bits per heavy atom. The molecule has 0 aliphatic heterocycles. The first-order chi connectivity index (χ1) is 11.2. The lowest BCUT2D eigenvalue weighted by Crippen LogP contribution is -2.16. The van der Waals surface area contributed by atoms with Crippen molar-refractivity contribution in [2.75, 3.05) is 15.8 Å². The van der Waals surface area contributed by atoms with Gasteiger partial charge in [0.05, 0.1) is 17.0 Å². The summed E-state index contributed by atoms with van der Waals surface area (Å²) in [5, 5.41) is 7.07. The highest BCUT2D eigenvalue weighted by Crippen LogP contribution is 2.21. The van der Waals surface area contributed by atoms with Gasteiger partial charge in [-0.25, -0.2) is 8.42 Å². The van der Waals surface area contributed by atoms with E-state index in [9.17, 15) is 13.2 Å². The normalized spacial score (nSPS) is 11.3. The maximum Gasteiger partial charge on any atom is 0.260 e. The molecule has 0 bridgehead atoms. The van der Waals surface area contributed by atoms with Crippen molar-refractivity contribution in [2.24, 2.45) is 7.05 Å². The van der Waals surface area contributed by atoms with Crippen LogP contribution in [0.15, 0.2) is 24.3 Å². The first-order valence-electron chi connectivity index (χ1n) is 7.34. The number of halogens is 1. The summed E-state index contributed by atoms with van der Waals surface area (Å²) < 4.78 is 27.3. The summed E-state index contributed by atoms with van der Waals surface area (Å²) >= 11 is 6.07. The SMILES string of the molecule is CCCS(=O)(=O)Nc1ccc(NC(=O)c2c(C)nn(C)c2Cl)cc1. The van der Waals surface area contributed by atoms with Gasteiger partial charge in [-0.1, -0.05) is 18.5 Å². The highest BCUT2D eigenvalue weighted by atomic mass is 35.5. The molecule has 24 heavy (non-hydrogen) atoms. The molecule has 0 aliphatic rings. The van der Waals surface area contributed by atoms with E-state index < -0.39 is 10.0 Å². The van der Waals surface area contributed by atoms with Crippen LogP contribution in [0.4, 0.5) is 11.4 Å². The Balaban J connectivity index is 2.10. The molecule has 1 amide bonds. The van der Waals surface area contributed by atoms with E-state index in [2.05, 4.69) is 15.1 Å². The molecule has 0 atom stereocenters. The monoisotopic (exact) mass is 370 g/mol. The van der Waals surface area contributed by atoms with E-state index in [1.165, 1.54) is 4.68 Å². The topological polar surface area (TPSA) is 93.1 Å². The maximum absolute atomic E-state index is 12.3. The number of aromatic nitrogens is 2. The van der Waals surface area contributed by atoms with Crippen LogP contribution in [0.5, 0.6) is 0 Å². The van der Waals surface area contributed by atoms with Gasteiger partial charge in [-0.05, 0) is 37.6 Å². The van der Waals surface area contributed by atoms with Gasteiger partial charge in [0, 0.05) is 18.4 Å². The molecule has 9 heteroatoms. The van der Waals surface area contributed by atoms with Gasteiger partial charge in [0.25, 0.3) is 5.91 Å². The van der Waals surface area contributed by atoms with Crippen LogP contribution in [0, 0.1) is 6.92 Å². The summed E-state index contributed by atoms with van der Waals surface area (Å²) in [5.74, 6) is -0.311. The fraction of sp³-hybridized carbons (Fsp3) is 0.333. The number of amides is 1. The quantitative estimate of drug-likeness (QED) is 0.817. The number of anilines is 2. The number of rotatable bonds is 6. The van der Waals surface area contributed by atoms with Gasteiger partial charge in [0.15, 0.2) is 0 Å². The van der Waals surface area contributed by atoms with E-state index >= 15 is 0 Å². The number of nitrogens with one attached hydrogen (secondary N) is 2. The third kappa shape index (κ3) is 4.27. The molecular weight excluding hydrogens is 352 g/mol. The first-order valence-corrected chi connectivity index (χ1v) is 9.37. The van der Waals surface area contributed by atoms with Crippen LogP contribution in [0.3, 0.4) is 0 Å². The zero-order chi connectivity index (χ0) is 17.9. The van der Waals surface area contributed by atoms with Crippen molar-refractivity contribution < 1.29 is 13.2 Å². The molecule has 0 saturated carbocycles. The first kappa shape index (κ1) is 18.3. The smallest absolute Gasteiger partial charge is 0.260 e. The van der Waals surface area contributed by atoms with Gasteiger partial charge < -0.3 is 5.32 Å². The molecule has 0 radical (unpaired) electrons. The molecule has 0 unspecified atom stereocenters. The molecule has 1 heterocycles. The van der Waals surface area contributed by atoms with E-state index in [0.717, 1.165) is 0 Å². The van der Waals surface area contributed by atoms with Crippen molar-refractivity contribution in [1.29, 1.82) is 0 Å². The molecule has 1 aromatic heterocycles. The van der Waals surface area contributed by atoms with E-state index in [0.29, 0.717) is 29.1 Å². The number of aryl methyl sites for hydroxylation is 2. The molecular formula is C15H19ClN4O3S. The van der Waals surface area contributed by atoms with E-state index in [-0.39, 0.29) is 16.8 Å². The number of sulfonamides is 1. The molecule has 2 N–H and O–H groups in total. The second-order valence-corrected chi connectivity index (χ2v) is 7.53. The van der Waals surface area contributed by atoms with Crippen LogP contribution in [0.25, 0.3) is 0 Å². The highest BCUT2D eigenvalue weighted by Gasteiger charge is 2.19. The third-order valence-corrected chi connectivity index (χ3v) is 5.19. The lowest BCUT2D eigenvalue weighted by atomic mass is 10.2. The fourth-order valence-corrected chi connectivity index (χ4v) is 3.60. The summed E-state index contributed by atoms with van der Waals surface area (Å²) in [6.45, 7) is 3.50. The Kier molecular flexibility index (Phi) is 5.51. The summed E-state index contributed by atoms with van der Waals surface area (Å²) in [6.07, 6.45) is 0.536. The summed E-state index contributed by atoms with van der Waals surface area (Å²) in [7, 11) is -1.68. The van der Waals surface area contributed by atoms with Gasteiger partial charge >= 0.3 is 0 Å². The summed E-state index contributed by atoms with van der Waals surface area (Å²) in [5.41, 5.74) is 1.81. The van der Waals surface area contributed by atoms with Crippen LogP contribution in [-0.2, 0) is 17.1 Å². The molecule has 0 fully saturated rings. The summed E-state index contributed by atoms with van der Waals surface area (Å²) in [4.78, 5) is 12.3. The van der Waals surface area contributed by atoms with Gasteiger partial charge in [-0.2, -0.15) is 5.10 Å². The summed E-state index contributed by atoms with van der Waals surface area (Å²) in [6, 6.07) is 6.39. The van der Waals surface area contributed by atoms with Crippen molar-refractivity contribution in [3.63, 3.8) is 0 Å². The molecule has 0 spiro atoms. The number of nitrogens with zero attached hydrogens (tertiary/aromatic N) is 2. The van der Waals surface area contributed by atoms with Crippen LogP contribution in [-0.4, -0.2) is 29.9 Å². The molecule has 0 saturated heterocycles. The minimum atomic E-state index is -3.34. The predicted molar refractivity (Wildman–Crippen MR) is 95.1 cm³/mol. The minimum Gasteiger partial charge on any atom is -0.322 e. The van der Waals surface area contributed by atoms with Crippen molar-refractivity contribution in [1.82, 2.24) is 9.78 Å². The third-order valence-electron chi connectivity index (χ3n) is 3.27. The van der Waals surface area contributed by atoms with E-state index in [1.807, 2.05) is 0 Å². The Morgan fingerprint density at radius 3 is 2.33 bits per heavy atom. The van der Waals surface area contributed by atoms with Crippen molar-refractivity contribution >= 4 is 38.9 Å². The van der Waals surface area contributed by atoms with Crippen molar-refractivity contribution in [2.45, 2.75) is 20.3 Å². The number of hydrogen-bond donors (Lipinski definition) is 2. The molecule has 2 aromatic rings. The Labute approximate surface area is 146 Å². The van der Waals surface area contributed by atoms with Crippen LogP contribution < -0.4 is 10.0 Å². The Bertz CT molecular complexity index is 844. The Morgan fingerprint density at radius 2 is 1.83 bits per heavy atom. The maximum atomic E-state index is 12.3. The molecule has 1 aromatic carbocycles. The number of carbonyl (C=O) groups excluding carboxylic acids is 1. The number of benzene rings is 1. The van der Waals surface area contributed by atoms with Gasteiger partial charge in [-0.3, -0.25) is 14.2 Å². The number of carbonyl (C=O) groups is 1. The largest absolute Gasteiger partial charge is 0.322 e. The van der Waals surface area contributed by atoms with Crippen molar-refractivity contribution in [3.05, 3.63) is 40.7 Å². The second-order valence-electron chi connectivity index (χ2n) is 5.33. The Hall–Kier alpha value is -2.06. The van der Waals surface area contributed by atoms with E-state index in [1.54, 1.807) is 45.2 Å². The minimum absolute atomic E-state index is 0.0598. The van der Waals surface area contributed by atoms with Crippen LogP contribution in [0.1, 0.15) is 29.4 Å². The lowest BCUT2D eigenvalue weighted by molar-refractivity contribution is 0.102. The predicted octanol–water partition coefficient (Wildman–Crippen LogP) is 2.79. The van der Waals surface area contributed by atoms with Gasteiger partial charge in [-0.15, -0.1) is 0 Å².